The topological polar surface area (TPSA) is 95.7 Å². The van der Waals surface area contributed by atoms with Gasteiger partial charge in [0, 0.05) is 18.7 Å². The summed E-state index contributed by atoms with van der Waals surface area (Å²) in [5.74, 6) is 0.157. The highest BCUT2D eigenvalue weighted by atomic mass is 16.6. The van der Waals surface area contributed by atoms with Crippen molar-refractivity contribution in [1.82, 2.24) is 4.90 Å². The van der Waals surface area contributed by atoms with E-state index < -0.39 is 4.92 Å². The molecule has 2 N–H and O–H groups in total. The van der Waals surface area contributed by atoms with Crippen molar-refractivity contribution < 1.29 is 14.8 Å². The number of hydrogen-bond acceptors (Lipinski definition) is 5. The summed E-state index contributed by atoms with van der Waals surface area (Å²) in [7, 11) is 0. The van der Waals surface area contributed by atoms with Crippen molar-refractivity contribution in [2.45, 2.75) is 19.8 Å². The average Bonchev–Trinajstić information content (AvgIpc) is 2.50. The highest BCUT2D eigenvalue weighted by Crippen LogP contribution is 2.22. The molecule has 0 atom stereocenters. The molecule has 1 amide bonds. The molecule has 120 valence electrons. The number of amides is 1. The van der Waals surface area contributed by atoms with Crippen LogP contribution in [-0.2, 0) is 4.79 Å². The Morgan fingerprint density at radius 3 is 2.73 bits per heavy atom. The smallest absolute Gasteiger partial charge is 0.271 e. The Morgan fingerprint density at radius 1 is 1.45 bits per heavy atom. The number of carbonyl (C=O) groups is 1. The van der Waals surface area contributed by atoms with Crippen LogP contribution in [0.5, 0.6) is 0 Å². The maximum absolute atomic E-state index is 12.1. The van der Waals surface area contributed by atoms with Crippen LogP contribution >= 0.6 is 0 Å². The molecule has 0 radical (unpaired) electrons. The first-order valence-electron chi connectivity index (χ1n) is 7.37. The van der Waals surface area contributed by atoms with Crippen LogP contribution in [0.15, 0.2) is 18.2 Å². The first kappa shape index (κ1) is 16.4. The van der Waals surface area contributed by atoms with E-state index in [0.29, 0.717) is 11.6 Å². The largest absolute Gasteiger partial charge is 0.396 e. The van der Waals surface area contributed by atoms with E-state index >= 15 is 0 Å². The molecule has 2 rings (SSSR count). The summed E-state index contributed by atoms with van der Waals surface area (Å²) in [6, 6.07) is 4.43. The Labute approximate surface area is 129 Å². The summed E-state index contributed by atoms with van der Waals surface area (Å²) in [5, 5.41) is 22.6. The molecule has 1 heterocycles. The van der Waals surface area contributed by atoms with Crippen LogP contribution in [0.25, 0.3) is 0 Å². The zero-order chi connectivity index (χ0) is 16.1. The van der Waals surface area contributed by atoms with Crippen LogP contribution in [0.2, 0.25) is 0 Å². The fourth-order valence-electron chi connectivity index (χ4n) is 2.58. The molecule has 1 aliphatic rings. The molecule has 0 spiro atoms. The van der Waals surface area contributed by atoms with E-state index in [1.165, 1.54) is 12.1 Å². The van der Waals surface area contributed by atoms with Gasteiger partial charge in [0.05, 0.1) is 17.2 Å². The Bertz CT molecular complexity index is 554. The summed E-state index contributed by atoms with van der Waals surface area (Å²) in [6.07, 6.45) is 1.78. The van der Waals surface area contributed by atoms with Crippen LogP contribution in [0, 0.1) is 23.0 Å². The molecule has 0 aromatic heterocycles. The fraction of sp³-hybridized carbons (Fsp3) is 0.533. The van der Waals surface area contributed by atoms with Gasteiger partial charge >= 0.3 is 0 Å². The number of likely N-dealkylation sites (tertiary alicyclic amines) is 1. The molecule has 0 bridgehead atoms. The van der Waals surface area contributed by atoms with Crippen molar-refractivity contribution in [2.24, 2.45) is 5.92 Å². The van der Waals surface area contributed by atoms with Crippen molar-refractivity contribution in [2.75, 3.05) is 31.6 Å². The third-order valence-corrected chi connectivity index (χ3v) is 4.04. The van der Waals surface area contributed by atoms with E-state index in [-0.39, 0.29) is 24.7 Å². The number of aliphatic hydroxyl groups excluding tert-OH is 1. The van der Waals surface area contributed by atoms with Gasteiger partial charge in [-0.15, -0.1) is 0 Å². The molecule has 1 aromatic carbocycles. The number of aliphatic hydroxyl groups is 1. The first-order valence-corrected chi connectivity index (χ1v) is 7.37. The minimum Gasteiger partial charge on any atom is -0.396 e. The standard InChI is InChI=1S/C15H21N3O4/c1-11-2-3-13(18(21)22)8-14(11)16-15(20)9-17-6-4-12(10-19)5-7-17/h2-3,8,12,19H,4-7,9-10H2,1H3,(H,16,20). The Kier molecular flexibility index (Phi) is 5.46. The quantitative estimate of drug-likeness (QED) is 0.635. The van der Waals surface area contributed by atoms with Gasteiger partial charge < -0.3 is 10.4 Å². The number of rotatable bonds is 5. The van der Waals surface area contributed by atoms with Gasteiger partial charge in [-0.1, -0.05) is 6.07 Å². The number of hydrogen-bond donors (Lipinski definition) is 2. The zero-order valence-corrected chi connectivity index (χ0v) is 12.6. The van der Waals surface area contributed by atoms with Crippen LogP contribution in [0.3, 0.4) is 0 Å². The minimum absolute atomic E-state index is 0.0374. The fourth-order valence-corrected chi connectivity index (χ4v) is 2.58. The molecule has 1 saturated heterocycles. The van der Waals surface area contributed by atoms with Gasteiger partial charge in [-0.25, -0.2) is 0 Å². The number of nitrogens with zero attached hydrogens (tertiary/aromatic N) is 2. The summed E-state index contributed by atoms with van der Waals surface area (Å²) in [4.78, 5) is 24.4. The monoisotopic (exact) mass is 307 g/mol. The lowest BCUT2D eigenvalue weighted by molar-refractivity contribution is -0.384. The summed E-state index contributed by atoms with van der Waals surface area (Å²) < 4.78 is 0. The third-order valence-electron chi connectivity index (χ3n) is 4.04. The number of nitrogens with one attached hydrogen (secondary N) is 1. The van der Waals surface area contributed by atoms with Crippen molar-refractivity contribution in [3.05, 3.63) is 33.9 Å². The van der Waals surface area contributed by atoms with E-state index in [4.69, 9.17) is 5.11 Å². The van der Waals surface area contributed by atoms with E-state index in [2.05, 4.69) is 5.32 Å². The lowest BCUT2D eigenvalue weighted by Gasteiger charge is -2.30. The molecular weight excluding hydrogens is 286 g/mol. The second-order valence-electron chi connectivity index (χ2n) is 5.71. The Hall–Kier alpha value is -1.99. The third kappa shape index (κ3) is 4.25. The zero-order valence-electron chi connectivity index (χ0n) is 12.6. The second kappa shape index (κ2) is 7.33. The van der Waals surface area contributed by atoms with Crippen LogP contribution < -0.4 is 5.32 Å². The van der Waals surface area contributed by atoms with Gasteiger partial charge in [0.1, 0.15) is 0 Å². The molecule has 0 unspecified atom stereocenters. The van der Waals surface area contributed by atoms with Gasteiger partial charge in [-0.2, -0.15) is 0 Å². The normalized spacial score (nSPS) is 16.5. The van der Waals surface area contributed by atoms with Gasteiger partial charge in [-0.3, -0.25) is 19.8 Å². The summed E-state index contributed by atoms with van der Waals surface area (Å²) >= 11 is 0. The Morgan fingerprint density at radius 2 is 2.14 bits per heavy atom. The van der Waals surface area contributed by atoms with Crippen LogP contribution in [0.1, 0.15) is 18.4 Å². The maximum atomic E-state index is 12.1. The summed E-state index contributed by atoms with van der Waals surface area (Å²) in [6.45, 7) is 3.83. The molecule has 7 nitrogen and oxygen atoms in total. The van der Waals surface area contributed by atoms with Crippen molar-refractivity contribution in [1.29, 1.82) is 0 Å². The first-order chi connectivity index (χ1) is 10.5. The van der Waals surface area contributed by atoms with Gasteiger partial charge in [-0.05, 0) is 44.3 Å². The van der Waals surface area contributed by atoms with Gasteiger partial charge in [0.15, 0.2) is 0 Å². The second-order valence-corrected chi connectivity index (χ2v) is 5.71. The van der Waals surface area contributed by atoms with Crippen LogP contribution in [-0.4, -0.2) is 47.1 Å². The number of nitro groups is 1. The van der Waals surface area contributed by atoms with E-state index in [0.717, 1.165) is 31.5 Å². The molecule has 0 aliphatic carbocycles. The minimum atomic E-state index is -0.477. The lowest BCUT2D eigenvalue weighted by Crippen LogP contribution is -2.39. The lowest BCUT2D eigenvalue weighted by atomic mass is 9.98. The number of aryl methyl sites for hydroxylation is 1. The van der Waals surface area contributed by atoms with E-state index in [9.17, 15) is 14.9 Å². The molecule has 1 fully saturated rings. The Balaban J connectivity index is 1.92. The predicted octanol–water partition coefficient (Wildman–Crippen LogP) is 1.55. The average molecular weight is 307 g/mol. The van der Waals surface area contributed by atoms with Crippen molar-refractivity contribution in [3.63, 3.8) is 0 Å². The van der Waals surface area contributed by atoms with Gasteiger partial charge in [0.2, 0.25) is 5.91 Å². The molecule has 22 heavy (non-hydrogen) atoms. The van der Waals surface area contributed by atoms with Crippen LogP contribution in [0.4, 0.5) is 11.4 Å². The number of piperidine rings is 1. The number of non-ortho nitro benzene ring substituents is 1. The highest BCUT2D eigenvalue weighted by molar-refractivity contribution is 5.93. The molecule has 0 saturated carbocycles. The predicted molar refractivity (Wildman–Crippen MR) is 82.7 cm³/mol. The highest BCUT2D eigenvalue weighted by Gasteiger charge is 2.20. The molecule has 1 aromatic rings. The van der Waals surface area contributed by atoms with Crippen molar-refractivity contribution in [3.8, 4) is 0 Å². The number of benzene rings is 1. The number of carbonyl (C=O) groups excluding carboxylic acids is 1. The SMILES string of the molecule is Cc1ccc([N+](=O)[O-])cc1NC(=O)CN1CCC(CO)CC1. The molecule has 1 aliphatic heterocycles. The summed E-state index contributed by atoms with van der Waals surface area (Å²) in [5.41, 5.74) is 1.23. The van der Waals surface area contributed by atoms with E-state index in [1.807, 2.05) is 4.90 Å². The molecule has 7 heteroatoms. The number of anilines is 1. The van der Waals surface area contributed by atoms with Crippen molar-refractivity contribution >= 4 is 17.3 Å². The molecular formula is C15H21N3O4. The van der Waals surface area contributed by atoms with Gasteiger partial charge in [0.25, 0.3) is 5.69 Å². The van der Waals surface area contributed by atoms with E-state index in [1.54, 1.807) is 13.0 Å². The maximum Gasteiger partial charge on any atom is 0.271 e. The number of nitro benzene ring substituents is 1.